The molecule has 1 saturated carbocycles. The first kappa shape index (κ1) is 23.1. The van der Waals surface area contributed by atoms with Gasteiger partial charge in [0.15, 0.2) is 0 Å². The van der Waals surface area contributed by atoms with Crippen molar-refractivity contribution in [3.8, 4) is 5.75 Å². The van der Waals surface area contributed by atoms with E-state index < -0.39 is 0 Å². The van der Waals surface area contributed by atoms with Crippen molar-refractivity contribution in [2.24, 2.45) is 28.8 Å². The van der Waals surface area contributed by atoms with Crippen molar-refractivity contribution in [2.75, 3.05) is 0 Å². The van der Waals surface area contributed by atoms with Gasteiger partial charge in [0.05, 0.1) is 25.2 Å². The van der Waals surface area contributed by atoms with Gasteiger partial charge in [0.25, 0.3) is 11.8 Å². The highest BCUT2D eigenvalue weighted by Gasteiger charge is 2.56. The van der Waals surface area contributed by atoms with Crippen LogP contribution in [0.1, 0.15) is 24.0 Å². The highest BCUT2D eigenvalue weighted by Crippen LogP contribution is 2.49. The van der Waals surface area contributed by atoms with Crippen LogP contribution in [0.3, 0.4) is 0 Å². The average molecular weight is 688 g/mol. The Bertz CT molecular complexity index is 1360. The van der Waals surface area contributed by atoms with Crippen molar-refractivity contribution in [3.05, 3.63) is 85.0 Å². The first-order valence-electron chi connectivity index (χ1n) is 11.7. The number of rotatable bonds is 5. The summed E-state index contributed by atoms with van der Waals surface area (Å²) in [5.41, 5.74) is 1.96. The van der Waals surface area contributed by atoms with Crippen molar-refractivity contribution < 1.29 is 14.3 Å². The number of imide groups is 1. The number of benzene rings is 3. The van der Waals surface area contributed by atoms with E-state index in [1.807, 2.05) is 24.3 Å². The van der Waals surface area contributed by atoms with Crippen molar-refractivity contribution in [1.29, 1.82) is 0 Å². The van der Waals surface area contributed by atoms with Crippen LogP contribution in [0.25, 0.3) is 10.8 Å². The maximum Gasteiger partial charge on any atom is 0.254 e. The predicted octanol–water partition coefficient (Wildman–Crippen LogP) is 6.16. The lowest BCUT2D eigenvalue weighted by molar-refractivity contribution is -0.140. The molecule has 0 N–H and O–H groups in total. The third-order valence-electron chi connectivity index (χ3n) is 7.33. The van der Waals surface area contributed by atoms with Crippen molar-refractivity contribution in [1.82, 2.24) is 5.01 Å². The molecule has 2 fully saturated rings. The molecule has 5 nitrogen and oxygen atoms in total. The third kappa shape index (κ3) is 4.10. The Morgan fingerprint density at radius 1 is 0.914 bits per heavy atom. The summed E-state index contributed by atoms with van der Waals surface area (Å²) in [7, 11) is 0. The quantitative estimate of drug-likeness (QED) is 0.140. The summed E-state index contributed by atoms with van der Waals surface area (Å²) in [5, 5.41) is 7.84. The molecular formula is C28H22I2N2O3. The van der Waals surface area contributed by atoms with Crippen LogP contribution in [0.4, 0.5) is 0 Å². The SMILES string of the molecule is O=C1[C@@H]2[C@@H](C(=O)N1/N=C\c1cc(I)c(OCc3cccc4ccccc34)c(I)c1)[C@H]1C=C[C@H]2CC1. The van der Waals surface area contributed by atoms with Crippen LogP contribution in [0.2, 0.25) is 0 Å². The summed E-state index contributed by atoms with van der Waals surface area (Å²) in [6.45, 7) is 0.469. The van der Waals surface area contributed by atoms with Gasteiger partial charge in [-0.25, -0.2) is 0 Å². The van der Waals surface area contributed by atoms with Gasteiger partial charge in [0.1, 0.15) is 12.4 Å². The fourth-order valence-corrected chi connectivity index (χ4v) is 7.78. The first-order valence-corrected chi connectivity index (χ1v) is 13.9. The maximum absolute atomic E-state index is 13.0. The molecule has 4 atom stereocenters. The topological polar surface area (TPSA) is 59.0 Å². The van der Waals surface area contributed by atoms with E-state index in [-0.39, 0.29) is 35.5 Å². The summed E-state index contributed by atoms with van der Waals surface area (Å²) in [4.78, 5) is 26.0. The molecule has 0 unspecified atom stereocenters. The van der Waals surface area contributed by atoms with E-state index in [1.54, 1.807) is 6.21 Å². The van der Waals surface area contributed by atoms with Crippen LogP contribution in [-0.2, 0) is 16.2 Å². The minimum absolute atomic E-state index is 0.158. The van der Waals surface area contributed by atoms with E-state index in [0.29, 0.717) is 6.61 Å². The molecule has 176 valence electrons. The molecule has 1 aliphatic heterocycles. The van der Waals surface area contributed by atoms with Crippen molar-refractivity contribution in [3.63, 3.8) is 0 Å². The standard InChI is InChI=1S/C28H22I2N2O3/c29-22-12-16(14-31-32-27(33)24-18-8-9-19(11-10-18)25(24)28(32)34)13-23(30)26(22)35-15-20-6-3-5-17-4-1-2-7-21(17)20/h1-9,12-14,18-19,24-25H,10-11,15H2/b31-14-/t18-,19-,24-,25-/m0/s1. The van der Waals surface area contributed by atoms with Gasteiger partial charge < -0.3 is 4.74 Å². The van der Waals surface area contributed by atoms with Gasteiger partial charge in [0, 0.05) is 0 Å². The number of allylic oxidation sites excluding steroid dienone is 2. The molecule has 7 rings (SSSR count). The summed E-state index contributed by atoms with van der Waals surface area (Å²) < 4.78 is 8.14. The minimum atomic E-state index is -0.242. The Labute approximate surface area is 230 Å². The molecule has 0 spiro atoms. The smallest absolute Gasteiger partial charge is 0.254 e. The van der Waals surface area contributed by atoms with Crippen LogP contribution in [0.5, 0.6) is 5.75 Å². The molecule has 3 aromatic carbocycles. The van der Waals surface area contributed by atoms with Gasteiger partial charge in [-0.15, -0.1) is 0 Å². The molecule has 1 heterocycles. The molecule has 7 heteroatoms. The largest absolute Gasteiger partial charge is 0.487 e. The van der Waals surface area contributed by atoms with Gasteiger partial charge in [0.2, 0.25) is 0 Å². The summed E-state index contributed by atoms with van der Waals surface area (Å²) in [6.07, 6.45) is 7.82. The zero-order valence-corrected chi connectivity index (χ0v) is 23.0. The first-order chi connectivity index (χ1) is 17.0. The molecule has 2 bridgehead atoms. The number of fused-ring (bicyclic) bond motifs is 2. The number of hydrazone groups is 1. The third-order valence-corrected chi connectivity index (χ3v) is 8.93. The van der Waals surface area contributed by atoms with Crippen LogP contribution in [0.15, 0.2) is 71.9 Å². The molecule has 0 radical (unpaired) electrons. The monoisotopic (exact) mass is 688 g/mol. The Balaban J connectivity index is 1.20. The van der Waals surface area contributed by atoms with Crippen molar-refractivity contribution >= 4 is 74.0 Å². The second-order valence-electron chi connectivity index (χ2n) is 9.31. The predicted molar refractivity (Wildman–Crippen MR) is 152 cm³/mol. The Kier molecular flexibility index (Phi) is 6.16. The lowest BCUT2D eigenvalue weighted by atomic mass is 9.63. The second-order valence-corrected chi connectivity index (χ2v) is 11.6. The Morgan fingerprint density at radius 3 is 2.20 bits per heavy atom. The highest BCUT2D eigenvalue weighted by atomic mass is 127. The molecule has 0 aromatic heterocycles. The average Bonchev–Trinajstić information content (AvgIpc) is 3.14. The van der Waals surface area contributed by atoms with E-state index in [4.69, 9.17) is 4.74 Å². The fourth-order valence-electron chi connectivity index (χ4n) is 5.66. The second kappa shape index (κ2) is 9.31. The van der Waals surface area contributed by atoms with E-state index in [2.05, 4.69) is 92.8 Å². The van der Waals surface area contributed by atoms with Crippen LogP contribution in [-0.4, -0.2) is 23.0 Å². The molecule has 1 saturated heterocycles. The van der Waals surface area contributed by atoms with E-state index >= 15 is 0 Å². The number of carbonyl (C=O) groups is 2. The molecule has 4 aliphatic rings. The number of nitrogens with zero attached hydrogens (tertiary/aromatic N) is 2. The molecular weight excluding hydrogens is 666 g/mol. The minimum Gasteiger partial charge on any atom is -0.487 e. The molecule has 3 aliphatic carbocycles. The van der Waals surface area contributed by atoms with Gasteiger partial charge in [-0.3, -0.25) is 9.59 Å². The number of carbonyl (C=O) groups excluding carboxylic acids is 2. The van der Waals surface area contributed by atoms with E-state index in [9.17, 15) is 9.59 Å². The van der Waals surface area contributed by atoms with Crippen LogP contribution >= 0.6 is 45.2 Å². The fraction of sp³-hybridized carbons (Fsp3) is 0.250. The molecule has 3 aromatic rings. The maximum atomic E-state index is 13.0. The molecule has 35 heavy (non-hydrogen) atoms. The van der Waals surface area contributed by atoms with Crippen LogP contribution < -0.4 is 4.74 Å². The Hall–Kier alpha value is -2.27. The summed E-state index contributed by atoms with van der Waals surface area (Å²) in [5.74, 6) is 0.355. The highest BCUT2D eigenvalue weighted by molar-refractivity contribution is 14.1. The zero-order valence-electron chi connectivity index (χ0n) is 18.7. The number of ether oxygens (including phenoxy) is 1. The van der Waals surface area contributed by atoms with Gasteiger partial charge in [-0.2, -0.15) is 10.1 Å². The lowest BCUT2D eigenvalue weighted by Gasteiger charge is -2.37. The zero-order chi connectivity index (χ0) is 24.1. The number of hydrogen-bond donors (Lipinski definition) is 0. The van der Waals surface area contributed by atoms with Gasteiger partial charge in [-0.1, -0.05) is 54.6 Å². The van der Waals surface area contributed by atoms with E-state index in [0.717, 1.165) is 41.9 Å². The van der Waals surface area contributed by atoms with E-state index in [1.165, 1.54) is 10.8 Å². The lowest BCUT2D eigenvalue weighted by Crippen LogP contribution is -2.38. The summed E-state index contributed by atoms with van der Waals surface area (Å²) >= 11 is 4.52. The summed E-state index contributed by atoms with van der Waals surface area (Å²) in [6, 6.07) is 18.5. The number of halogens is 2. The number of amides is 2. The van der Waals surface area contributed by atoms with Crippen molar-refractivity contribution in [2.45, 2.75) is 19.4 Å². The van der Waals surface area contributed by atoms with Crippen LogP contribution in [0, 0.1) is 30.8 Å². The van der Waals surface area contributed by atoms with Gasteiger partial charge in [-0.05, 0) is 104 Å². The molecule has 2 amide bonds. The Morgan fingerprint density at radius 2 is 1.54 bits per heavy atom. The number of hydrogen-bond acceptors (Lipinski definition) is 4. The normalized spacial score (nSPS) is 25.1. The van der Waals surface area contributed by atoms with Gasteiger partial charge >= 0.3 is 0 Å².